The van der Waals surface area contributed by atoms with Crippen LogP contribution >= 0.6 is 0 Å². The number of carbonyl (C=O) groups is 2. The summed E-state index contributed by atoms with van der Waals surface area (Å²) in [6, 6.07) is -0.124. The van der Waals surface area contributed by atoms with Crippen molar-refractivity contribution in [2.45, 2.75) is 18.6 Å². The highest BCUT2D eigenvalue weighted by atomic mass is 19.4. The minimum atomic E-state index is -4.49. The molecule has 1 aromatic heterocycles. The number of piperazine rings is 1. The van der Waals surface area contributed by atoms with Crippen molar-refractivity contribution in [3.8, 4) is 0 Å². The lowest BCUT2D eigenvalue weighted by Crippen LogP contribution is -2.50. The first-order chi connectivity index (χ1) is 11.2. The van der Waals surface area contributed by atoms with Crippen LogP contribution in [0.2, 0.25) is 0 Å². The van der Waals surface area contributed by atoms with Gasteiger partial charge in [-0.2, -0.15) is 13.2 Å². The van der Waals surface area contributed by atoms with Crippen LogP contribution < -0.4 is 5.32 Å². The van der Waals surface area contributed by atoms with Crippen molar-refractivity contribution in [1.29, 1.82) is 0 Å². The van der Waals surface area contributed by atoms with E-state index in [4.69, 9.17) is 0 Å². The second-order valence-corrected chi connectivity index (χ2v) is 5.80. The first-order valence-electron chi connectivity index (χ1n) is 7.46. The Labute approximate surface area is 137 Å². The van der Waals surface area contributed by atoms with E-state index in [1.807, 2.05) is 18.7 Å². The Kier molecular flexibility index (Phi) is 5.47. The van der Waals surface area contributed by atoms with Gasteiger partial charge in [-0.1, -0.05) is 0 Å². The summed E-state index contributed by atoms with van der Waals surface area (Å²) in [6.07, 6.45) is -1.62. The number of hydrogen-bond acceptors (Lipinski definition) is 4. The summed E-state index contributed by atoms with van der Waals surface area (Å²) in [6.45, 7) is -0.0826. The number of hydrogen-bond donors (Lipinski definition) is 1. The average molecular weight is 347 g/mol. The van der Waals surface area contributed by atoms with Crippen molar-refractivity contribution in [3.63, 3.8) is 0 Å². The van der Waals surface area contributed by atoms with Gasteiger partial charge in [0.1, 0.15) is 18.8 Å². The number of imidazole rings is 1. The molecule has 0 spiro atoms. The molecule has 134 valence electrons. The first kappa shape index (κ1) is 18.2. The van der Waals surface area contributed by atoms with Crippen molar-refractivity contribution in [1.82, 2.24) is 24.7 Å². The summed E-state index contributed by atoms with van der Waals surface area (Å²) in [4.78, 5) is 31.5. The number of aryl methyl sites for hydroxylation is 1. The van der Waals surface area contributed by atoms with Crippen molar-refractivity contribution >= 4 is 11.8 Å². The molecule has 24 heavy (non-hydrogen) atoms. The molecular formula is C14H20F3N5O2. The number of amides is 2. The monoisotopic (exact) mass is 347 g/mol. The van der Waals surface area contributed by atoms with Gasteiger partial charge in [0.15, 0.2) is 0 Å². The van der Waals surface area contributed by atoms with Crippen LogP contribution in [0.1, 0.15) is 18.3 Å². The van der Waals surface area contributed by atoms with E-state index in [1.54, 1.807) is 17.7 Å². The largest absolute Gasteiger partial charge is 0.405 e. The van der Waals surface area contributed by atoms with Gasteiger partial charge in [-0.3, -0.25) is 14.5 Å². The van der Waals surface area contributed by atoms with Gasteiger partial charge in [-0.05, 0) is 7.05 Å². The molecule has 1 aromatic rings. The second kappa shape index (κ2) is 7.20. The van der Waals surface area contributed by atoms with E-state index in [1.165, 1.54) is 4.90 Å². The van der Waals surface area contributed by atoms with E-state index in [9.17, 15) is 22.8 Å². The lowest BCUT2D eigenvalue weighted by atomic mass is 10.1. The van der Waals surface area contributed by atoms with E-state index >= 15 is 0 Å². The Morgan fingerprint density at radius 3 is 2.62 bits per heavy atom. The molecule has 1 fully saturated rings. The van der Waals surface area contributed by atoms with Crippen LogP contribution in [0, 0.1) is 0 Å². The lowest BCUT2D eigenvalue weighted by Gasteiger charge is -2.39. The molecule has 0 bridgehead atoms. The third-order valence-electron chi connectivity index (χ3n) is 3.95. The van der Waals surface area contributed by atoms with Crippen molar-refractivity contribution in [2.24, 2.45) is 7.05 Å². The molecule has 0 radical (unpaired) electrons. The second-order valence-electron chi connectivity index (χ2n) is 5.80. The molecule has 1 N–H and O–H groups in total. The third-order valence-corrected chi connectivity index (χ3v) is 3.95. The van der Waals surface area contributed by atoms with Gasteiger partial charge < -0.3 is 14.8 Å². The maximum absolute atomic E-state index is 12.2. The molecule has 1 saturated heterocycles. The van der Waals surface area contributed by atoms with Crippen LogP contribution in [0.4, 0.5) is 13.2 Å². The number of likely N-dealkylation sites (N-methyl/N-ethyl adjacent to an activating group) is 1. The van der Waals surface area contributed by atoms with Gasteiger partial charge in [-0.15, -0.1) is 0 Å². The molecule has 7 nitrogen and oxygen atoms in total. The van der Waals surface area contributed by atoms with E-state index in [-0.39, 0.29) is 6.04 Å². The van der Waals surface area contributed by atoms with Gasteiger partial charge in [-0.25, -0.2) is 4.98 Å². The van der Waals surface area contributed by atoms with Gasteiger partial charge in [0.2, 0.25) is 11.8 Å². The number of halogens is 3. The van der Waals surface area contributed by atoms with Crippen molar-refractivity contribution in [2.75, 3.05) is 33.2 Å². The Hall–Kier alpha value is -2.10. The molecule has 2 heterocycles. The predicted molar refractivity (Wildman–Crippen MR) is 78.8 cm³/mol. The average Bonchev–Trinajstić information content (AvgIpc) is 2.91. The zero-order valence-electron chi connectivity index (χ0n) is 13.5. The van der Waals surface area contributed by atoms with Crippen molar-refractivity contribution < 1.29 is 22.8 Å². The van der Waals surface area contributed by atoms with Gasteiger partial charge >= 0.3 is 6.18 Å². The summed E-state index contributed by atoms with van der Waals surface area (Å²) < 4.78 is 38.1. The molecule has 0 saturated carbocycles. The first-order valence-corrected chi connectivity index (χ1v) is 7.46. The normalized spacial score (nSPS) is 19.4. The Bertz CT molecular complexity index is 601. The zero-order chi connectivity index (χ0) is 17.9. The van der Waals surface area contributed by atoms with Gasteiger partial charge in [0.05, 0.1) is 6.04 Å². The molecule has 1 aliphatic heterocycles. The minimum absolute atomic E-state index is 0.124. The van der Waals surface area contributed by atoms with Gasteiger partial charge in [0.25, 0.3) is 0 Å². The smallest absolute Gasteiger partial charge is 0.347 e. The number of nitrogens with one attached hydrogen (secondary N) is 1. The molecule has 1 atom stereocenters. The Balaban J connectivity index is 1.93. The fourth-order valence-electron chi connectivity index (χ4n) is 2.59. The summed E-state index contributed by atoms with van der Waals surface area (Å²) in [5, 5.41) is 1.71. The minimum Gasteiger partial charge on any atom is -0.347 e. The van der Waals surface area contributed by atoms with E-state index in [0.717, 1.165) is 5.82 Å². The molecule has 2 amide bonds. The maximum Gasteiger partial charge on any atom is 0.405 e. The summed E-state index contributed by atoms with van der Waals surface area (Å²) in [5.74, 6) is -0.622. The van der Waals surface area contributed by atoms with Crippen LogP contribution in [0.15, 0.2) is 12.4 Å². The van der Waals surface area contributed by atoms with E-state index < -0.39 is 31.0 Å². The molecule has 0 aliphatic carbocycles. The number of nitrogens with zero attached hydrogens (tertiary/aromatic N) is 4. The van der Waals surface area contributed by atoms with Crippen LogP contribution in [0.3, 0.4) is 0 Å². The topological polar surface area (TPSA) is 70.5 Å². The summed E-state index contributed by atoms with van der Waals surface area (Å²) >= 11 is 0. The SMILES string of the molecule is CN1CCN(C(=O)CC(=O)NCC(F)(F)F)CC1c1nccn1C. The fraction of sp³-hybridized carbons (Fsp3) is 0.643. The molecular weight excluding hydrogens is 327 g/mol. The van der Waals surface area contributed by atoms with Crippen LogP contribution in [0.5, 0.6) is 0 Å². The zero-order valence-corrected chi connectivity index (χ0v) is 13.5. The van der Waals surface area contributed by atoms with Crippen LogP contribution in [-0.2, 0) is 16.6 Å². The fourth-order valence-corrected chi connectivity index (χ4v) is 2.59. The summed E-state index contributed by atoms with van der Waals surface area (Å²) in [7, 11) is 3.76. The molecule has 1 aliphatic rings. The molecule has 1 unspecified atom stereocenters. The standard InChI is InChI=1S/C14H20F3N5O2/c1-20-5-6-22(8-10(20)13-18-3-4-21(13)2)12(24)7-11(23)19-9-14(15,16)17/h3-4,10H,5-9H2,1-2H3,(H,19,23). The number of rotatable bonds is 4. The van der Waals surface area contributed by atoms with Gasteiger partial charge in [0, 0.05) is 39.1 Å². The maximum atomic E-state index is 12.2. The Morgan fingerprint density at radius 1 is 1.33 bits per heavy atom. The number of aromatic nitrogens is 2. The number of carbonyl (C=O) groups excluding carboxylic acids is 2. The molecule has 2 rings (SSSR count). The van der Waals surface area contributed by atoms with Crippen LogP contribution in [0.25, 0.3) is 0 Å². The highest BCUT2D eigenvalue weighted by molar-refractivity contribution is 5.96. The predicted octanol–water partition coefficient (Wildman–Crippen LogP) is 0.304. The quantitative estimate of drug-likeness (QED) is 0.796. The van der Waals surface area contributed by atoms with Crippen LogP contribution in [-0.4, -0.2) is 70.6 Å². The summed E-state index contributed by atoms with van der Waals surface area (Å²) in [5.41, 5.74) is 0. The highest BCUT2D eigenvalue weighted by Crippen LogP contribution is 2.22. The highest BCUT2D eigenvalue weighted by Gasteiger charge is 2.32. The molecule has 0 aromatic carbocycles. The molecule has 10 heteroatoms. The Morgan fingerprint density at radius 2 is 2.04 bits per heavy atom. The van der Waals surface area contributed by atoms with Crippen molar-refractivity contribution in [3.05, 3.63) is 18.2 Å². The van der Waals surface area contributed by atoms with E-state index in [2.05, 4.69) is 9.88 Å². The van der Waals surface area contributed by atoms with E-state index in [0.29, 0.717) is 19.6 Å². The third kappa shape index (κ3) is 4.70. The lowest BCUT2D eigenvalue weighted by molar-refractivity contribution is -0.144. The number of alkyl halides is 3.